The molecule has 0 unspecified atom stereocenters. The maximum absolute atomic E-state index is 9.68. The Morgan fingerprint density at radius 3 is 2.79 bits per heavy atom. The van der Waals surface area contributed by atoms with Gasteiger partial charge in [0.05, 0.1) is 6.61 Å². The number of aliphatic hydroxyl groups is 2. The van der Waals surface area contributed by atoms with Crippen molar-refractivity contribution >= 4 is 0 Å². The van der Waals surface area contributed by atoms with E-state index in [2.05, 4.69) is 0 Å². The number of hydrogen-bond acceptors (Lipinski definition) is 6. The van der Waals surface area contributed by atoms with Gasteiger partial charge in [-0.1, -0.05) is 0 Å². The highest BCUT2D eigenvalue weighted by molar-refractivity contribution is 4.91. The summed E-state index contributed by atoms with van der Waals surface area (Å²) in [6.45, 7) is 0.459. The molecule has 2 rings (SSSR count). The molecule has 2 saturated heterocycles. The van der Waals surface area contributed by atoms with Gasteiger partial charge in [-0.25, -0.2) is 0 Å². The molecule has 0 aliphatic carbocycles. The summed E-state index contributed by atoms with van der Waals surface area (Å²) in [5, 5.41) is 19.2. The van der Waals surface area contributed by atoms with E-state index < -0.39 is 24.6 Å². The van der Waals surface area contributed by atoms with E-state index in [4.69, 9.17) is 18.9 Å². The fraction of sp³-hybridized carbons (Fsp3) is 1.00. The van der Waals surface area contributed by atoms with Crippen LogP contribution in [0.5, 0.6) is 0 Å². The summed E-state index contributed by atoms with van der Waals surface area (Å²) in [7, 11) is 1.41. The number of hydrogen-bond donors (Lipinski definition) is 2. The molecule has 82 valence electrons. The molecule has 2 fully saturated rings. The highest BCUT2D eigenvalue weighted by Crippen LogP contribution is 2.26. The predicted octanol–water partition coefficient (Wildman–Crippen LogP) is -1.55. The van der Waals surface area contributed by atoms with Gasteiger partial charge in [-0.2, -0.15) is 0 Å². The summed E-state index contributed by atoms with van der Waals surface area (Å²) in [6.07, 6.45) is -3.82. The molecule has 0 radical (unpaired) electrons. The van der Waals surface area contributed by atoms with Crippen molar-refractivity contribution in [3.8, 4) is 0 Å². The molecule has 0 bridgehead atoms. The lowest BCUT2D eigenvalue weighted by Gasteiger charge is -2.43. The van der Waals surface area contributed by atoms with E-state index >= 15 is 0 Å². The van der Waals surface area contributed by atoms with E-state index in [1.807, 2.05) is 0 Å². The topological polar surface area (TPSA) is 77.4 Å². The molecule has 0 aromatic carbocycles. The third-order valence-corrected chi connectivity index (χ3v) is 2.50. The van der Waals surface area contributed by atoms with Crippen molar-refractivity contribution in [1.29, 1.82) is 0 Å². The van der Waals surface area contributed by atoms with Crippen LogP contribution in [-0.2, 0) is 18.9 Å². The number of fused-ring (bicyclic) bond motifs is 1. The Balaban J connectivity index is 2.07. The molecule has 0 saturated carbocycles. The highest BCUT2D eigenvalue weighted by Gasteiger charge is 2.46. The second-order valence-corrected chi connectivity index (χ2v) is 3.38. The smallest absolute Gasteiger partial charge is 0.186 e. The summed E-state index contributed by atoms with van der Waals surface area (Å²) in [5.41, 5.74) is 0. The lowest BCUT2D eigenvalue weighted by Crippen LogP contribution is -2.61. The first-order valence-electron chi connectivity index (χ1n) is 4.48. The summed E-state index contributed by atoms with van der Waals surface area (Å²) >= 11 is 0. The molecule has 6 nitrogen and oxygen atoms in total. The minimum atomic E-state index is -1.08. The van der Waals surface area contributed by atoms with Gasteiger partial charge in [0.2, 0.25) is 0 Å². The first-order valence-corrected chi connectivity index (χ1v) is 4.48. The van der Waals surface area contributed by atoms with Gasteiger partial charge in [0.15, 0.2) is 6.29 Å². The molecule has 5 atom stereocenters. The standard InChI is InChI=1S/C8H14O6/c1-11-8-6(10)5(9)7-4(14-8)2-12-3-13-7/h4-10H,2-3H2,1H3/t4-,5-,6+,7-,8+/m0/s1. The number of methoxy groups -OCH3 is 1. The van der Waals surface area contributed by atoms with Crippen LogP contribution in [0.1, 0.15) is 0 Å². The zero-order valence-corrected chi connectivity index (χ0v) is 7.83. The van der Waals surface area contributed by atoms with Crippen molar-refractivity contribution in [1.82, 2.24) is 0 Å². The fourth-order valence-electron chi connectivity index (χ4n) is 1.73. The molecule has 0 aromatic rings. The molecular formula is C8H14O6. The van der Waals surface area contributed by atoms with E-state index in [1.54, 1.807) is 0 Å². The van der Waals surface area contributed by atoms with Crippen LogP contribution < -0.4 is 0 Å². The molecule has 0 amide bonds. The number of rotatable bonds is 1. The summed E-state index contributed by atoms with van der Waals surface area (Å²) < 4.78 is 20.4. The molecule has 2 N–H and O–H groups in total. The fourth-order valence-corrected chi connectivity index (χ4v) is 1.73. The Morgan fingerprint density at radius 2 is 2.07 bits per heavy atom. The van der Waals surface area contributed by atoms with E-state index in [0.29, 0.717) is 6.61 Å². The molecular weight excluding hydrogens is 192 g/mol. The normalized spacial score (nSPS) is 48.6. The van der Waals surface area contributed by atoms with Crippen LogP contribution in [0.3, 0.4) is 0 Å². The minimum Gasteiger partial charge on any atom is -0.387 e. The third kappa shape index (κ3) is 1.65. The summed E-state index contributed by atoms with van der Waals surface area (Å²) in [6, 6.07) is 0. The monoisotopic (exact) mass is 206 g/mol. The van der Waals surface area contributed by atoms with Crippen LogP contribution in [0.25, 0.3) is 0 Å². The average Bonchev–Trinajstić information content (AvgIpc) is 2.23. The van der Waals surface area contributed by atoms with Crippen molar-refractivity contribution in [2.45, 2.75) is 30.7 Å². The van der Waals surface area contributed by atoms with E-state index in [1.165, 1.54) is 7.11 Å². The lowest BCUT2D eigenvalue weighted by molar-refractivity contribution is -0.334. The van der Waals surface area contributed by atoms with Gasteiger partial charge in [0.25, 0.3) is 0 Å². The van der Waals surface area contributed by atoms with Gasteiger partial charge in [0, 0.05) is 7.11 Å². The molecule has 0 spiro atoms. The van der Waals surface area contributed by atoms with Crippen LogP contribution in [0.4, 0.5) is 0 Å². The average molecular weight is 206 g/mol. The van der Waals surface area contributed by atoms with Crippen LogP contribution in [0, 0.1) is 0 Å². The van der Waals surface area contributed by atoms with E-state index in [0.717, 1.165) is 0 Å². The predicted molar refractivity (Wildman–Crippen MR) is 43.4 cm³/mol. The Hall–Kier alpha value is -0.240. The Kier molecular flexibility index (Phi) is 3.01. The molecule has 2 heterocycles. The maximum atomic E-state index is 9.68. The second kappa shape index (κ2) is 4.09. The van der Waals surface area contributed by atoms with Crippen LogP contribution in [0.15, 0.2) is 0 Å². The largest absolute Gasteiger partial charge is 0.387 e. The summed E-state index contributed by atoms with van der Waals surface area (Å²) in [4.78, 5) is 0. The van der Waals surface area contributed by atoms with Gasteiger partial charge in [-0.3, -0.25) is 0 Å². The van der Waals surface area contributed by atoms with E-state index in [-0.39, 0.29) is 12.9 Å². The Bertz CT molecular complexity index is 196. The molecule has 14 heavy (non-hydrogen) atoms. The summed E-state index contributed by atoms with van der Waals surface area (Å²) in [5.74, 6) is 0. The third-order valence-electron chi connectivity index (χ3n) is 2.50. The van der Waals surface area contributed by atoms with Gasteiger partial charge in [0.1, 0.15) is 31.2 Å². The van der Waals surface area contributed by atoms with Crippen molar-refractivity contribution < 1.29 is 29.2 Å². The minimum absolute atomic E-state index is 0.117. The van der Waals surface area contributed by atoms with Gasteiger partial charge in [-0.15, -0.1) is 0 Å². The van der Waals surface area contributed by atoms with E-state index in [9.17, 15) is 10.2 Å². The molecule has 2 aliphatic heterocycles. The molecule has 2 aliphatic rings. The number of aliphatic hydroxyl groups excluding tert-OH is 2. The van der Waals surface area contributed by atoms with Crippen molar-refractivity contribution in [2.24, 2.45) is 0 Å². The van der Waals surface area contributed by atoms with Crippen molar-refractivity contribution in [3.05, 3.63) is 0 Å². The Morgan fingerprint density at radius 1 is 1.29 bits per heavy atom. The van der Waals surface area contributed by atoms with Gasteiger partial charge >= 0.3 is 0 Å². The zero-order valence-electron chi connectivity index (χ0n) is 7.83. The van der Waals surface area contributed by atoms with Gasteiger partial charge < -0.3 is 29.2 Å². The molecule has 6 heteroatoms. The highest BCUT2D eigenvalue weighted by atomic mass is 16.7. The quantitative estimate of drug-likeness (QED) is 0.541. The van der Waals surface area contributed by atoms with Crippen LogP contribution in [-0.4, -0.2) is 61.4 Å². The van der Waals surface area contributed by atoms with Gasteiger partial charge in [-0.05, 0) is 0 Å². The maximum Gasteiger partial charge on any atom is 0.186 e. The first-order chi connectivity index (χ1) is 6.74. The SMILES string of the molecule is CO[C@@H]1O[C@H]2COCO[C@@H]2[C@@H](O)[C@H]1O. The van der Waals surface area contributed by atoms with Crippen molar-refractivity contribution in [3.63, 3.8) is 0 Å². The lowest BCUT2D eigenvalue weighted by atomic mass is 9.99. The molecule has 0 aromatic heterocycles. The zero-order chi connectivity index (χ0) is 10.1. The number of ether oxygens (including phenoxy) is 4. The van der Waals surface area contributed by atoms with Crippen LogP contribution in [0.2, 0.25) is 0 Å². The van der Waals surface area contributed by atoms with Crippen molar-refractivity contribution in [2.75, 3.05) is 20.5 Å². The first kappa shape index (κ1) is 10.3. The Labute approximate surface area is 81.3 Å². The second-order valence-electron chi connectivity index (χ2n) is 3.38. The van der Waals surface area contributed by atoms with Crippen LogP contribution >= 0.6 is 0 Å².